The summed E-state index contributed by atoms with van der Waals surface area (Å²) < 4.78 is 4.74. The van der Waals surface area contributed by atoms with Crippen LogP contribution < -0.4 is 0 Å². The number of thiazole rings is 1. The lowest BCUT2D eigenvalue weighted by Crippen LogP contribution is -2.21. The molecule has 0 spiro atoms. The van der Waals surface area contributed by atoms with Crippen molar-refractivity contribution in [3.63, 3.8) is 0 Å². The van der Waals surface area contributed by atoms with Crippen LogP contribution in [0.4, 0.5) is 0 Å². The Bertz CT molecular complexity index is 673. The highest BCUT2D eigenvalue weighted by molar-refractivity contribution is 9.10. The van der Waals surface area contributed by atoms with Crippen LogP contribution in [0.1, 0.15) is 50.5 Å². The van der Waals surface area contributed by atoms with Gasteiger partial charge < -0.3 is 4.74 Å². The molecule has 0 radical (unpaired) electrons. The molecule has 6 heteroatoms. The smallest absolute Gasteiger partial charge is 0.292 e. The number of halogens is 1. The van der Waals surface area contributed by atoms with Crippen LogP contribution in [0.3, 0.4) is 0 Å². The van der Waals surface area contributed by atoms with E-state index in [1.165, 1.54) is 42.7 Å². The van der Waals surface area contributed by atoms with Gasteiger partial charge in [0.05, 0.1) is 22.7 Å². The molecule has 1 fully saturated rings. The van der Waals surface area contributed by atoms with Crippen LogP contribution in [-0.4, -0.2) is 23.5 Å². The molecule has 1 aliphatic rings. The number of nitrogens with zero attached hydrogens (tertiary/aromatic N) is 2. The van der Waals surface area contributed by atoms with E-state index in [-0.39, 0.29) is 0 Å². The van der Waals surface area contributed by atoms with Crippen LogP contribution in [0, 0.1) is 5.41 Å². The molecule has 3 rings (SSSR count). The van der Waals surface area contributed by atoms with E-state index in [2.05, 4.69) is 44.5 Å². The summed E-state index contributed by atoms with van der Waals surface area (Å²) in [5.74, 6) is 0.629. The Kier molecular flexibility index (Phi) is 6.92. The van der Waals surface area contributed by atoms with Crippen molar-refractivity contribution in [3.8, 4) is 10.6 Å². The zero-order valence-electron chi connectivity index (χ0n) is 14.3. The number of carbonyl (C=O) groups is 1. The number of hydrogen-bond donors (Lipinski definition) is 0. The third-order valence-electron chi connectivity index (χ3n) is 4.14. The number of pyridine rings is 1. The maximum atomic E-state index is 8.95. The summed E-state index contributed by atoms with van der Waals surface area (Å²) in [4.78, 5) is 19.3. The number of aromatic nitrogens is 2. The van der Waals surface area contributed by atoms with Crippen molar-refractivity contribution < 1.29 is 9.53 Å². The van der Waals surface area contributed by atoms with Gasteiger partial charge in [0.2, 0.25) is 0 Å². The first-order chi connectivity index (χ1) is 11.4. The second-order valence-corrected chi connectivity index (χ2v) is 8.57. The summed E-state index contributed by atoms with van der Waals surface area (Å²) in [5, 5.41) is 1.29. The fourth-order valence-corrected chi connectivity index (χ4v) is 4.42. The number of rotatable bonds is 3. The molecular weight excluding hydrogens is 388 g/mol. The number of methoxy groups -OCH3 is 1. The normalized spacial score (nSPS) is 19.1. The molecule has 0 aromatic carbocycles. The maximum Gasteiger partial charge on any atom is 0.292 e. The van der Waals surface area contributed by atoms with E-state index in [1.54, 1.807) is 0 Å². The van der Waals surface area contributed by atoms with Gasteiger partial charge in [-0.25, -0.2) is 9.97 Å². The first-order valence-electron chi connectivity index (χ1n) is 8.00. The Labute approximate surface area is 155 Å². The molecule has 2 aromatic rings. The van der Waals surface area contributed by atoms with E-state index in [9.17, 15) is 0 Å². The Balaban J connectivity index is 0.000000471. The van der Waals surface area contributed by atoms with Crippen LogP contribution in [0.5, 0.6) is 0 Å². The summed E-state index contributed by atoms with van der Waals surface area (Å²) in [5.41, 5.74) is 1.47. The van der Waals surface area contributed by atoms with Crippen LogP contribution in [0.2, 0.25) is 0 Å². The molecule has 130 valence electrons. The van der Waals surface area contributed by atoms with Gasteiger partial charge >= 0.3 is 0 Å². The van der Waals surface area contributed by atoms with Gasteiger partial charge in [0.15, 0.2) is 0 Å². The molecule has 1 atom stereocenters. The van der Waals surface area contributed by atoms with Gasteiger partial charge in [0, 0.05) is 12.1 Å². The fourth-order valence-electron chi connectivity index (χ4n) is 3.05. The number of carbonyl (C=O) groups excluding carboxylic acids is 1. The summed E-state index contributed by atoms with van der Waals surface area (Å²) in [6.45, 7) is 5.13. The molecule has 4 nitrogen and oxygen atoms in total. The fraction of sp³-hybridized carbons (Fsp3) is 0.500. The summed E-state index contributed by atoms with van der Waals surface area (Å²) in [7, 11) is 1.31. The van der Waals surface area contributed by atoms with Crippen LogP contribution in [0.15, 0.2) is 29.0 Å². The zero-order chi connectivity index (χ0) is 17.6. The highest BCUT2D eigenvalue weighted by Crippen LogP contribution is 2.44. The minimum Gasteiger partial charge on any atom is -0.471 e. The van der Waals surface area contributed by atoms with Gasteiger partial charge in [-0.05, 0) is 52.7 Å². The molecule has 2 heterocycles. The van der Waals surface area contributed by atoms with E-state index >= 15 is 0 Å². The molecule has 0 N–H and O–H groups in total. The Morgan fingerprint density at radius 2 is 2.17 bits per heavy atom. The predicted octanol–water partition coefficient (Wildman–Crippen LogP) is 5.44. The number of hydrogen-bond acceptors (Lipinski definition) is 5. The minimum absolute atomic E-state index is 0.375. The number of ether oxygens (including phenoxy) is 1. The van der Waals surface area contributed by atoms with Crippen LogP contribution >= 0.6 is 27.3 Å². The van der Waals surface area contributed by atoms with Gasteiger partial charge in [-0.1, -0.05) is 26.3 Å². The van der Waals surface area contributed by atoms with Crippen molar-refractivity contribution in [1.29, 1.82) is 0 Å². The van der Waals surface area contributed by atoms with Gasteiger partial charge in [-0.15, -0.1) is 11.3 Å². The van der Waals surface area contributed by atoms with Crippen molar-refractivity contribution in [2.24, 2.45) is 5.41 Å². The SMILES string of the molecule is CC1(C)CCCC(c2ncc(-c3cccc(Br)n3)s2)C1.COC=O. The van der Waals surface area contributed by atoms with E-state index in [1.807, 2.05) is 35.7 Å². The first-order valence-corrected chi connectivity index (χ1v) is 9.61. The lowest BCUT2D eigenvalue weighted by atomic mass is 9.72. The highest BCUT2D eigenvalue weighted by Gasteiger charge is 2.30. The van der Waals surface area contributed by atoms with Gasteiger partial charge in [-0.3, -0.25) is 4.79 Å². The topological polar surface area (TPSA) is 52.1 Å². The largest absolute Gasteiger partial charge is 0.471 e. The average molecular weight is 411 g/mol. The van der Waals surface area contributed by atoms with Gasteiger partial charge in [0.25, 0.3) is 6.47 Å². The monoisotopic (exact) mass is 410 g/mol. The molecule has 1 saturated carbocycles. The lowest BCUT2D eigenvalue weighted by Gasteiger charge is -2.34. The molecular formula is C18H23BrN2O2S. The Hall–Kier alpha value is -1.27. The van der Waals surface area contributed by atoms with E-state index in [0.717, 1.165) is 10.3 Å². The second-order valence-electron chi connectivity index (χ2n) is 6.70. The van der Waals surface area contributed by atoms with E-state index in [4.69, 9.17) is 4.79 Å². The minimum atomic E-state index is 0.375. The summed E-state index contributed by atoms with van der Waals surface area (Å²) in [6.07, 6.45) is 7.18. The third-order valence-corrected chi connectivity index (χ3v) is 5.77. The standard InChI is InChI=1S/C16H19BrN2S.C2H4O2/c1-16(2)8-4-5-11(9-16)15-18-10-13(20-15)12-6-3-7-14(17)19-12;1-4-2-3/h3,6-7,10-11H,4-5,8-9H2,1-2H3;2H,1H3. The lowest BCUT2D eigenvalue weighted by molar-refractivity contribution is -0.126. The third kappa shape index (κ3) is 5.38. The molecule has 1 aliphatic carbocycles. The predicted molar refractivity (Wildman–Crippen MR) is 101 cm³/mol. The Morgan fingerprint density at radius 1 is 1.42 bits per heavy atom. The average Bonchev–Trinajstić information content (AvgIpc) is 3.04. The van der Waals surface area contributed by atoms with Crippen molar-refractivity contribution in [2.75, 3.05) is 7.11 Å². The molecule has 0 saturated heterocycles. The van der Waals surface area contributed by atoms with Crippen LogP contribution in [0.25, 0.3) is 10.6 Å². The Morgan fingerprint density at radius 3 is 2.79 bits per heavy atom. The summed E-state index contributed by atoms with van der Waals surface area (Å²) >= 11 is 5.24. The van der Waals surface area contributed by atoms with Crippen LogP contribution in [-0.2, 0) is 9.53 Å². The molecule has 1 unspecified atom stereocenters. The molecule has 0 amide bonds. The van der Waals surface area contributed by atoms with Crippen molar-refractivity contribution >= 4 is 33.7 Å². The molecule has 24 heavy (non-hydrogen) atoms. The second kappa shape index (κ2) is 8.72. The van der Waals surface area contributed by atoms with E-state index < -0.39 is 0 Å². The molecule has 0 aliphatic heterocycles. The maximum absolute atomic E-state index is 8.95. The first kappa shape index (κ1) is 19.1. The molecule has 0 bridgehead atoms. The van der Waals surface area contributed by atoms with E-state index in [0.29, 0.717) is 17.8 Å². The van der Waals surface area contributed by atoms with Crippen molar-refractivity contribution in [3.05, 3.63) is 34.0 Å². The van der Waals surface area contributed by atoms with Gasteiger partial charge in [0.1, 0.15) is 4.60 Å². The molecule has 2 aromatic heterocycles. The van der Waals surface area contributed by atoms with Crippen molar-refractivity contribution in [2.45, 2.75) is 45.4 Å². The highest BCUT2D eigenvalue weighted by atomic mass is 79.9. The zero-order valence-corrected chi connectivity index (χ0v) is 16.7. The quantitative estimate of drug-likeness (QED) is 0.499. The van der Waals surface area contributed by atoms with Crippen molar-refractivity contribution in [1.82, 2.24) is 9.97 Å². The summed E-state index contributed by atoms with van der Waals surface area (Å²) in [6, 6.07) is 6.03. The van der Waals surface area contributed by atoms with Gasteiger partial charge in [-0.2, -0.15) is 0 Å².